The molecule has 3 aromatic rings. The molecule has 0 saturated carbocycles. The highest BCUT2D eigenvalue weighted by molar-refractivity contribution is 7.15. The summed E-state index contributed by atoms with van der Waals surface area (Å²) in [6.07, 6.45) is 0.939. The maximum atomic E-state index is 2.79. The van der Waals surface area contributed by atoms with E-state index < -0.39 is 0 Å². The molecule has 0 N–H and O–H groups in total. The summed E-state index contributed by atoms with van der Waals surface area (Å²) in [5, 5.41) is 2.69. The number of para-hydroxylation sites is 2. The molecule has 74 valence electrons. The molecule has 0 bridgehead atoms. The van der Waals surface area contributed by atoms with Crippen molar-refractivity contribution in [2.45, 2.75) is 6.29 Å². The molecule has 1 heterocycles. The standard InChI is InChI=1S/C13H12NP/c15-9-14-12-7-3-1-5-10(12)11-6-2-4-8-13(11)14/h1-8H,9,15H2. The Balaban J connectivity index is 2.62. The lowest BCUT2D eigenvalue weighted by molar-refractivity contribution is 0.986. The molecule has 15 heavy (non-hydrogen) atoms. The highest BCUT2D eigenvalue weighted by Crippen LogP contribution is 2.28. The van der Waals surface area contributed by atoms with Crippen LogP contribution in [0.25, 0.3) is 21.8 Å². The Hall–Kier alpha value is -1.33. The van der Waals surface area contributed by atoms with E-state index in [2.05, 4.69) is 62.3 Å². The summed E-state index contributed by atoms with van der Waals surface area (Å²) in [7, 11) is 2.79. The molecule has 1 atom stereocenters. The molecular weight excluding hydrogens is 201 g/mol. The van der Waals surface area contributed by atoms with E-state index in [1.807, 2.05) is 0 Å². The van der Waals surface area contributed by atoms with Gasteiger partial charge in [0, 0.05) is 28.1 Å². The van der Waals surface area contributed by atoms with E-state index in [1.54, 1.807) is 0 Å². The topological polar surface area (TPSA) is 4.93 Å². The zero-order chi connectivity index (χ0) is 10.3. The molecule has 3 rings (SSSR count). The predicted octanol–water partition coefficient (Wildman–Crippen LogP) is 3.63. The van der Waals surface area contributed by atoms with Crippen molar-refractivity contribution in [3.63, 3.8) is 0 Å². The van der Waals surface area contributed by atoms with Gasteiger partial charge in [-0.2, -0.15) is 0 Å². The first-order chi connectivity index (χ1) is 7.42. The average Bonchev–Trinajstić information content (AvgIpc) is 2.63. The van der Waals surface area contributed by atoms with Crippen LogP contribution in [0, 0.1) is 0 Å². The smallest absolute Gasteiger partial charge is 0.0494 e. The van der Waals surface area contributed by atoms with Crippen molar-refractivity contribution in [1.29, 1.82) is 0 Å². The lowest BCUT2D eigenvalue weighted by atomic mass is 10.2. The zero-order valence-electron chi connectivity index (χ0n) is 8.35. The van der Waals surface area contributed by atoms with Crippen LogP contribution in [0.1, 0.15) is 0 Å². The first-order valence-electron chi connectivity index (χ1n) is 5.08. The third-order valence-corrected chi connectivity index (χ3v) is 3.23. The number of hydrogen-bond acceptors (Lipinski definition) is 0. The number of aromatic nitrogens is 1. The fraction of sp³-hybridized carbons (Fsp3) is 0.0769. The lowest BCUT2D eigenvalue weighted by Crippen LogP contribution is -1.89. The Labute approximate surface area is 90.9 Å². The fourth-order valence-electron chi connectivity index (χ4n) is 2.20. The van der Waals surface area contributed by atoms with Gasteiger partial charge in [-0.15, -0.1) is 9.24 Å². The molecule has 0 aliphatic carbocycles. The average molecular weight is 213 g/mol. The van der Waals surface area contributed by atoms with Crippen LogP contribution < -0.4 is 0 Å². The molecule has 1 unspecified atom stereocenters. The van der Waals surface area contributed by atoms with Crippen LogP contribution in [0.2, 0.25) is 0 Å². The summed E-state index contributed by atoms with van der Waals surface area (Å²) in [6, 6.07) is 17.1. The quantitative estimate of drug-likeness (QED) is 0.544. The van der Waals surface area contributed by atoms with Gasteiger partial charge in [0.15, 0.2) is 0 Å². The molecule has 2 aromatic carbocycles. The summed E-state index contributed by atoms with van der Waals surface area (Å²) in [6.45, 7) is 0. The molecule has 0 amide bonds. The molecule has 1 aromatic heterocycles. The van der Waals surface area contributed by atoms with Gasteiger partial charge in [-0.05, 0) is 12.1 Å². The molecule has 0 aliphatic heterocycles. The van der Waals surface area contributed by atoms with Gasteiger partial charge in [-0.3, -0.25) is 0 Å². The van der Waals surface area contributed by atoms with Crippen LogP contribution in [0.3, 0.4) is 0 Å². The molecule has 0 radical (unpaired) electrons. The minimum atomic E-state index is 0.939. The van der Waals surface area contributed by atoms with Crippen molar-refractivity contribution >= 4 is 31.0 Å². The molecule has 2 heteroatoms. The molecule has 0 fully saturated rings. The van der Waals surface area contributed by atoms with E-state index in [9.17, 15) is 0 Å². The van der Waals surface area contributed by atoms with Gasteiger partial charge < -0.3 is 4.57 Å². The molecule has 1 nitrogen and oxygen atoms in total. The van der Waals surface area contributed by atoms with E-state index in [0.29, 0.717) is 0 Å². The van der Waals surface area contributed by atoms with Gasteiger partial charge in [-0.25, -0.2) is 0 Å². The minimum Gasteiger partial charge on any atom is -0.337 e. The SMILES string of the molecule is PCn1c2ccccc2c2ccccc21. The second-order valence-corrected chi connectivity index (χ2v) is 4.01. The molecular formula is C13H12NP. The summed E-state index contributed by atoms with van der Waals surface area (Å²) in [5.74, 6) is 0. The molecule has 0 spiro atoms. The summed E-state index contributed by atoms with van der Waals surface area (Å²) in [4.78, 5) is 0. The van der Waals surface area contributed by atoms with Crippen LogP contribution in [0.15, 0.2) is 48.5 Å². The Morgan fingerprint density at radius 2 is 1.27 bits per heavy atom. The Bertz CT molecular complexity index is 571. The van der Waals surface area contributed by atoms with Crippen molar-refractivity contribution in [2.24, 2.45) is 0 Å². The van der Waals surface area contributed by atoms with Crippen molar-refractivity contribution in [2.75, 3.05) is 0 Å². The van der Waals surface area contributed by atoms with E-state index in [-0.39, 0.29) is 0 Å². The van der Waals surface area contributed by atoms with Crippen LogP contribution in [-0.4, -0.2) is 4.57 Å². The maximum absolute atomic E-state index is 2.79. The van der Waals surface area contributed by atoms with E-state index in [0.717, 1.165) is 6.29 Å². The summed E-state index contributed by atoms with van der Waals surface area (Å²) in [5.41, 5.74) is 2.63. The van der Waals surface area contributed by atoms with E-state index in [4.69, 9.17) is 0 Å². The largest absolute Gasteiger partial charge is 0.337 e. The minimum absolute atomic E-state index is 0.939. The van der Waals surface area contributed by atoms with Crippen LogP contribution in [0.5, 0.6) is 0 Å². The van der Waals surface area contributed by atoms with Crippen molar-refractivity contribution in [3.05, 3.63) is 48.5 Å². The van der Waals surface area contributed by atoms with Gasteiger partial charge in [0.1, 0.15) is 0 Å². The summed E-state index contributed by atoms with van der Waals surface area (Å²) >= 11 is 0. The molecule has 0 saturated heterocycles. The van der Waals surface area contributed by atoms with Gasteiger partial charge in [0.2, 0.25) is 0 Å². The zero-order valence-corrected chi connectivity index (χ0v) is 9.51. The van der Waals surface area contributed by atoms with Gasteiger partial charge in [0.05, 0.1) is 0 Å². The van der Waals surface area contributed by atoms with Crippen molar-refractivity contribution in [3.8, 4) is 0 Å². The fourth-order valence-corrected chi connectivity index (χ4v) is 2.59. The summed E-state index contributed by atoms with van der Waals surface area (Å²) < 4.78 is 2.33. The van der Waals surface area contributed by atoms with Crippen LogP contribution in [-0.2, 0) is 6.29 Å². The third kappa shape index (κ3) is 1.20. The highest BCUT2D eigenvalue weighted by atomic mass is 31.0. The highest BCUT2D eigenvalue weighted by Gasteiger charge is 2.06. The first kappa shape index (κ1) is 8.94. The lowest BCUT2D eigenvalue weighted by Gasteiger charge is -2.01. The Morgan fingerprint density at radius 3 is 1.73 bits per heavy atom. The van der Waals surface area contributed by atoms with E-state index in [1.165, 1.54) is 21.8 Å². The van der Waals surface area contributed by atoms with Crippen LogP contribution in [0.4, 0.5) is 0 Å². The monoisotopic (exact) mass is 213 g/mol. The number of nitrogens with zero attached hydrogens (tertiary/aromatic N) is 1. The van der Waals surface area contributed by atoms with Crippen molar-refractivity contribution in [1.82, 2.24) is 4.57 Å². The van der Waals surface area contributed by atoms with Crippen LogP contribution >= 0.6 is 9.24 Å². The first-order valence-corrected chi connectivity index (χ1v) is 5.89. The Morgan fingerprint density at radius 1 is 0.800 bits per heavy atom. The maximum Gasteiger partial charge on any atom is 0.0494 e. The number of benzene rings is 2. The van der Waals surface area contributed by atoms with E-state index >= 15 is 0 Å². The van der Waals surface area contributed by atoms with Gasteiger partial charge >= 0.3 is 0 Å². The number of hydrogen-bond donors (Lipinski definition) is 0. The third-order valence-electron chi connectivity index (χ3n) is 2.86. The number of rotatable bonds is 1. The van der Waals surface area contributed by atoms with Gasteiger partial charge in [0.25, 0.3) is 0 Å². The number of fused-ring (bicyclic) bond motifs is 3. The second-order valence-electron chi connectivity index (χ2n) is 3.64. The second kappa shape index (κ2) is 3.36. The van der Waals surface area contributed by atoms with Crippen molar-refractivity contribution < 1.29 is 0 Å². The normalized spacial score (nSPS) is 11.3. The molecule has 0 aliphatic rings. The Kier molecular flexibility index (Phi) is 2.00. The van der Waals surface area contributed by atoms with Gasteiger partial charge in [-0.1, -0.05) is 36.4 Å². The predicted molar refractivity (Wildman–Crippen MR) is 69.2 cm³/mol.